The fourth-order valence-electron chi connectivity index (χ4n) is 4.83. The Labute approximate surface area is 181 Å². The van der Waals surface area contributed by atoms with Gasteiger partial charge in [-0.05, 0) is 68.7 Å². The zero-order chi connectivity index (χ0) is 20.4. The molecule has 1 N–H and O–H groups in total. The van der Waals surface area contributed by atoms with Crippen LogP contribution in [0.3, 0.4) is 0 Å². The summed E-state index contributed by atoms with van der Waals surface area (Å²) in [5, 5.41) is 9.05. The van der Waals surface area contributed by atoms with Crippen LogP contribution >= 0.6 is 23.2 Å². The monoisotopic (exact) mass is 440 g/mol. The van der Waals surface area contributed by atoms with Crippen LogP contribution in [0, 0.1) is 17.8 Å². The minimum Gasteiger partial charge on any atom is -0.376 e. The number of nitrogens with zero attached hydrogens (tertiary/aromatic N) is 1. The lowest BCUT2D eigenvalue weighted by atomic mass is 9.93. The van der Waals surface area contributed by atoms with Gasteiger partial charge in [0.15, 0.2) is 0 Å². The van der Waals surface area contributed by atoms with E-state index in [1.54, 1.807) is 0 Å². The molecule has 1 aromatic carbocycles. The Bertz CT molecular complexity index is 820. The lowest BCUT2D eigenvalue weighted by molar-refractivity contribution is 0.0735. The SMILES string of the molecule is CF.Clc1cccc(Cl)c1-c1noc(C2CC2)c1COCC1CCC2CNCC21. The molecule has 3 aliphatic rings. The van der Waals surface area contributed by atoms with Gasteiger partial charge in [0.2, 0.25) is 0 Å². The minimum absolute atomic E-state index is 0.459. The van der Waals surface area contributed by atoms with Gasteiger partial charge in [-0.2, -0.15) is 0 Å². The van der Waals surface area contributed by atoms with Crippen LogP contribution in [0.4, 0.5) is 4.39 Å². The van der Waals surface area contributed by atoms with Crippen molar-refractivity contribution in [2.45, 2.75) is 38.2 Å². The zero-order valence-corrected chi connectivity index (χ0v) is 18.1. The van der Waals surface area contributed by atoms with Crippen molar-refractivity contribution in [3.63, 3.8) is 0 Å². The van der Waals surface area contributed by atoms with Crippen molar-refractivity contribution in [3.05, 3.63) is 39.6 Å². The van der Waals surface area contributed by atoms with Crippen LogP contribution in [-0.4, -0.2) is 32.0 Å². The first-order valence-corrected chi connectivity index (χ1v) is 11.1. The number of fused-ring (bicyclic) bond motifs is 1. The van der Waals surface area contributed by atoms with Gasteiger partial charge in [0.1, 0.15) is 11.5 Å². The summed E-state index contributed by atoms with van der Waals surface area (Å²) in [5.74, 6) is 3.68. The molecule has 3 fully saturated rings. The lowest BCUT2D eigenvalue weighted by Crippen LogP contribution is -2.20. The first-order valence-electron chi connectivity index (χ1n) is 10.3. The first-order chi connectivity index (χ1) is 14.2. The molecule has 158 valence electrons. The van der Waals surface area contributed by atoms with E-state index in [9.17, 15) is 4.39 Å². The fraction of sp³-hybridized carbons (Fsp3) is 0.591. The fourth-order valence-corrected chi connectivity index (χ4v) is 5.41. The maximum atomic E-state index is 9.50. The van der Waals surface area contributed by atoms with Gasteiger partial charge in [-0.25, -0.2) is 0 Å². The van der Waals surface area contributed by atoms with E-state index in [1.807, 2.05) is 18.2 Å². The van der Waals surface area contributed by atoms with E-state index in [1.165, 1.54) is 19.4 Å². The molecule has 3 unspecified atom stereocenters. The topological polar surface area (TPSA) is 47.3 Å². The second-order valence-corrected chi connectivity index (χ2v) is 8.99. The minimum atomic E-state index is 0.459. The first kappa shape index (κ1) is 21.1. The average Bonchev–Trinajstić information content (AvgIpc) is 3.14. The Morgan fingerprint density at radius 1 is 1.14 bits per heavy atom. The quantitative estimate of drug-likeness (QED) is 0.609. The Morgan fingerprint density at radius 3 is 2.62 bits per heavy atom. The van der Waals surface area contributed by atoms with E-state index in [2.05, 4.69) is 10.5 Å². The Morgan fingerprint density at radius 2 is 1.90 bits per heavy atom. The second-order valence-electron chi connectivity index (χ2n) is 8.18. The van der Waals surface area contributed by atoms with Crippen molar-refractivity contribution in [1.29, 1.82) is 0 Å². The third-order valence-corrected chi connectivity index (χ3v) is 7.08. The molecule has 1 aliphatic heterocycles. The highest BCUT2D eigenvalue weighted by Gasteiger charge is 2.39. The van der Waals surface area contributed by atoms with E-state index in [0.717, 1.165) is 60.4 Å². The number of rotatable bonds is 6. The van der Waals surface area contributed by atoms with Gasteiger partial charge in [-0.1, -0.05) is 34.4 Å². The summed E-state index contributed by atoms with van der Waals surface area (Å²) in [6, 6.07) is 5.52. The number of benzene rings is 1. The molecule has 5 rings (SSSR count). The maximum Gasteiger partial charge on any atom is 0.145 e. The Balaban J connectivity index is 0.000000994. The zero-order valence-electron chi connectivity index (χ0n) is 16.6. The van der Waals surface area contributed by atoms with Crippen molar-refractivity contribution in [1.82, 2.24) is 10.5 Å². The summed E-state index contributed by atoms with van der Waals surface area (Å²) in [6.45, 7) is 3.62. The molecule has 0 bridgehead atoms. The summed E-state index contributed by atoms with van der Waals surface area (Å²) >= 11 is 12.9. The molecule has 2 saturated carbocycles. The van der Waals surface area contributed by atoms with Crippen LogP contribution < -0.4 is 5.32 Å². The molecule has 1 aromatic heterocycles. The number of ether oxygens (including phenoxy) is 1. The molecule has 0 amide bonds. The Kier molecular flexibility index (Phi) is 6.80. The number of nitrogens with one attached hydrogen (secondary N) is 1. The van der Waals surface area contributed by atoms with Crippen molar-refractivity contribution in [3.8, 4) is 11.3 Å². The van der Waals surface area contributed by atoms with Crippen molar-refractivity contribution in [2.24, 2.45) is 17.8 Å². The molecule has 2 aromatic rings. The van der Waals surface area contributed by atoms with E-state index in [-0.39, 0.29) is 0 Å². The molecule has 2 aliphatic carbocycles. The molecular weight excluding hydrogens is 414 g/mol. The van der Waals surface area contributed by atoms with E-state index < -0.39 is 0 Å². The molecule has 4 nitrogen and oxygen atoms in total. The highest BCUT2D eigenvalue weighted by Crippen LogP contribution is 2.46. The maximum absolute atomic E-state index is 9.50. The molecule has 29 heavy (non-hydrogen) atoms. The van der Waals surface area contributed by atoms with E-state index in [4.69, 9.17) is 32.5 Å². The van der Waals surface area contributed by atoms with E-state index in [0.29, 0.717) is 35.7 Å². The smallest absolute Gasteiger partial charge is 0.145 e. The number of aromatic nitrogens is 1. The summed E-state index contributed by atoms with van der Waals surface area (Å²) in [5.41, 5.74) is 2.50. The molecule has 0 radical (unpaired) electrons. The predicted molar refractivity (Wildman–Crippen MR) is 113 cm³/mol. The number of hydrogen-bond acceptors (Lipinski definition) is 4. The molecule has 1 saturated heterocycles. The van der Waals surface area contributed by atoms with Crippen LogP contribution in [0.5, 0.6) is 0 Å². The van der Waals surface area contributed by atoms with Gasteiger partial charge in [-0.3, -0.25) is 4.39 Å². The van der Waals surface area contributed by atoms with Crippen LogP contribution in [0.2, 0.25) is 10.0 Å². The van der Waals surface area contributed by atoms with Crippen LogP contribution in [0.1, 0.15) is 42.9 Å². The number of halogens is 3. The molecule has 2 heterocycles. The summed E-state index contributed by atoms with van der Waals surface area (Å²) in [6.07, 6.45) is 4.90. The predicted octanol–water partition coefficient (Wildman–Crippen LogP) is 5.87. The molecule has 0 spiro atoms. The summed E-state index contributed by atoms with van der Waals surface area (Å²) in [4.78, 5) is 0. The lowest BCUT2D eigenvalue weighted by Gasteiger charge is -2.18. The van der Waals surface area contributed by atoms with Crippen molar-refractivity contribution >= 4 is 23.2 Å². The third-order valence-electron chi connectivity index (χ3n) is 6.45. The Hall–Kier alpha value is -1.14. The number of hydrogen-bond donors (Lipinski definition) is 1. The molecule has 7 heteroatoms. The number of alkyl halides is 1. The van der Waals surface area contributed by atoms with Gasteiger partial charge in [-0.15, -0.1) is 0 Å². The molecular formula is C22H27Cl2FN2O2. The van der Waals surface area contributed by atoms with Gasteiger partial charge in [0, 0.05) is 17.0 Å². The average molecular weight is 441 g/mol. The van der Waals surface area contributed by atoms with Crippen molar-refractivity contribution in [2.75, 3.05) is 26.9 Å². The van der Waals surface area contributed by atoms with Crippen LogP contribution in [0.15, 0.2) is 22.7 Å². The summed E-state index contributed by atoms with van der Waals surface area (Å²) < 4.78 is 21.4. The standard InChI is InChI=1S/C21H24Cl2N2O2.CH3F/c22-17-2-1-3-18(23)19(17)20-16(21(27-25-20)12-4-5-12)11-26-10-14-7-6-13-8-24-9-15(13)14;1-2/h1-3,12-15,24H,4-11H2;1H3. The van der Waals surface area contributed by atoms with Gasteiger partial charge < -0.3 is 14.6 Å². The summed E-state index contributed by atoms with van der Waals surface area (Å²) in [7, 11) is 0.500. The highest BCUT2D eigenvalue weighted by atomic mass is 35.5. The second kappa shape index (κ2) is 9.34. The van der Waals surface area contributed by atoms with Crippen LogP contribution in [-0.2, 0) is 11.3 Å². The van der Waals surface area contributed by atoms with Crippen LogP contribution in [0.25, 0.3) is 11.3 Å². The van der Waals surface area contributed by atoms with Crippen molar-refractivity contribution < 1.29 is 13.7 Å². The van der Waals surface area contributed by atoms with Gasteiger partial charge >= 0.3 is 0 Å². The van der Waals surface area contributed by atoms with Gasteiger partial charge in [0.25, 0.3) is 0 Å². The van der Waals surface area contributed by atoms with Gasteiger partial charge in [0.05, 0.1) is 30.4 Å². The normalized spacial score (nSPS) is 25.6. The molecule has 3 atom stereocenters. The highest BCUT2D eigenvalue weighted by molar-refractivity contribution is 6.39. The largest absolute Gasteiger partial charge is 0.376 e. The third kappa shape index (κ3) is 4.34. The van der Waals surface area contributed by atoms with E-state index >= 15 is 0 Å².